The highest BCUT2D eigenvalue weighted by molar-refractivity contribution is 6.30. The zero-order chi connectivity index (χ0) is 19.3. The molecule has 1 amide bonds. The average molecular weight is 396 g/mol. The van der Waals surface area contributed by atoms with Crippen LogP contribution in [0, 0.1) is 0 Å². The molecule has 0 saturated carbocycles. The first-order valence-electron chi connectivity index (χ1n) is 9.44. The molecule has 144 valence electrons. The van der Waals surface area contributed by atoms with Gasteiger partial charge in [0.25, 0.3) is 5.91 Å². The van der Waals surface area contributed by atoms with E-state index in [1.54, 1.807) is 6.20 Å². The lowest BCUT2D eigenvalue weighted by Crippen LogP contribution is -2.30. The molecule has 28 heavy (non-hydrogen) atoms. The number of hydrogen-bond acceptors (Lipinski definition) is 4. The van der Waals surface area contributed by atoms with E-state index in [-0.39, 0.29) is 18.0 Å². The number of amides is 1. The Kier molecular flexibility index (Phi) is 5.69. The number of nitrogens with zero attached hydrogens (tertiary/aromatic N) is 3. The van der Waals surface area contributed by atoms with Crippen LogP contribution in [0.25, 0.3) is 0 Å². The molecule has 6 nitrogen and oxygen atoms in total. The summed E-state index contributed by atoms with van der Waals surface area (Å²) in [6.07, 6.45) is 3.71. The zero-order valence-electron chi connectivity index (χ0n) is 15.4. The Morgan fingerprint density at radius 3 is 2.61 bits per heavy atom. The van der Waals surface area contributed by atoms with Gasteiger partial charge in [0, 0.05) is 5.02 Å². The zero-order valence-corrected chi connectivity index (χ0v) is 16.1. The summed E-state index contributed by atoms with van der Waals surface area (Å²) in [5.41, 5.74) is 2.21. The number of rotatable bonds is 5. The van der Waals surface area contributed by atoms with Gasteiger partial charge in [-0.2, -0.15) is 0 Å². The quantitative estimate of drug-likeness (QED) is 0.694. The van der Waals surface area contributed by atoms with Crippen LogP contribution in [0.5, 0.6) is 0 Å². The fourth-order valence-corrected chi connectivity index (χ4v) is 3.72. The topological polar surface area (TPSA) is 71.8 Å². The van der Waals surface area contributed by atoms with Crippen LogP contribution in [0.2, 0.25) is 5.02 Å². The van der Waals surface area contributed by atoms with Crippen molar-refractivity contribution in [3.05, 3.63) is 82.6 Å². The third kappa shape index (κ3) is 4.24. The van der Waals surface area contributed by atoms with E-state index in [1.165, 1.54) is 0 Å². The number of benzene rings is 2. The van der Waals surface area contributed by atoms with Crippen molar-refractivity contribution in [3.8, 4) is 0 Å². The van der Waals surface area contributed by atoms with E-state index >= 15 is 0 Å². The number of nitrogens with one attached hydrogen (secondary N) is 2. The van der Waals surface area contributed by atoms with Crippen LogP contribution in [-0.4, -0.2) is 34.0 Å². The van der Waals surface area contributed by atoms with Crippen LogP contribution < -0.4 is 10.6 Å². The van der Waals surface area contributed by atoms with Gasteiger partial charge in [-0.3, -0.25) is 4.79 Å². The number of hydrogen-bond donors (Lipinski definition) is 2. The second kappa shape index (κ2) is 8.54. The molecule has 1 fully saturated rings. The van der Waals surface area contributed by atoms with Crippen LogP contribution >= 0.6 is 11.6 Å². The van der Waals surface area contributed by atoms with Crippen LogP contribution in [0.4, 0.5) is 0 Å². The van der Waals surface area contributed by atoms with Crippen molar-refractivity contribution in [1.82, 2.24) is 25.6 Å². The van der Waals surface area contributed by atoms with E-state index in [1.807, 2.05) is 59.3 Å². The molecule has 4 rings (SSSR count). The van der Waals surface area contributed by atoms with Crippen molar-refractivity contribution in [1.29, 1.82) is 0 Å². The number of aromatic nitrogens is 3. The van der Waals surface area contributed by atoms with Gasteiger partial charge in [0.15, 0.2) is 5.69 Å². The maximum atomic E-state index is 12.9. The molecule has 1 saturated heterocycles. The fourth-order valence-electron chi connectivity index (χ4n) is 3.53. The minimum Gasteiger partial charge on any atom is -0.340 e. The van der Waals surface area contributed by atoms with Crippen LogP contribution in [0.1, 0.15) is 46.5 Å². The molecule has 2 N–H and O–H groups in total. The second-order valence-corrected chi connectivity index (χ2v) is 7.37. The maximum Gasteiger partial charge on any atom is 0.274 e. The van der Waals surface area contributed by atoms with E-state index in [9.17, 15) is 4.79 Å². The van der Waals surface area contributed by atoms with Gasteiger partial charge in [-0.05, 0) is 49.2 Å². The van der Waals surface area contributed by atoms with Gasteiger partial charge >= 0.3 is 0 Å². The fraction of sp³-hybridized carbons (Fsp3) is 0.286. The predicted molar refractivity (Wildman–Crippen MR) is 108 cm³/mol. The molecule has 2 aromatic carbocycles. The molecule has 1 aliphatic rings. The van der Waals surface area contributed by atoms with Crippen molar-refractivity contribution in [2.75, 3.05) is 13.1 Å². The Labute approximate surface area is 168 Å². The minimum absolute atomic E-state index is 0.256. The Morgan fingerprint density at radius 1 is 1.11 bits per heavy atom. The lowest BCUT2D eigenvalue weighted by molar-refractivity contribution is 0.0938. The maximum absolute atomic E-state index is 12.9. The molecule has 2 heterocycles. The summed E-state index contributed by atoms with van der Waals surface area (Å²) in [6, 6.07) is 17.3. The van der Waals surface area contributed by atoms with Crippen LogP contribution in [-0.2, 0) is 0 Å². The standard InChI is InChI=1S/C21H22ClN5O/c22-17-8-4-7-16(13-17)20(15-5-2-1-3-6-15)24-21(28)19-14-27(26-25-19)18-9-11-23-12-10-18/h1-8,13-14,18,20,23H,9-12H2,(H,24,28). The minimum atomic E-state index is -0.323. The number of halogens is 1. The molecular weight excluding hydrogens is 374 g/mol. The summed E-state index contributed by atoms with van der Waals surface area (Å²) in [4.78, 5) is 12.9. The molecule has 3 aromatic rings. The lowest BCUT2D eigenvalue weighted by Gasteiger charge is -2.22. The third-order valence-electron chi connectivity index (χ3n) is 5.02. The monoisotopic (exact) mass is 395 g/mol. The number of piperidine rings is 1. The predicted octanol–water partition coefficient (Wildman–Crippen LogP) is 3.38. The van der Waals surface area contributed by atoms with Gasteiger partial charge in [-0.25, -0.2) is 4.68 Å². The van der Waals surface area contributed by atoms with Gasteiger partial charge in [0.2, 0.25) is 0 Å². The molecule has 7 heteroatoms. The molecule has 0 bridgehead atoms. The van der Waals surface area contributed by atoms with Crippen LogP contribution in [0.3, 0.4) is 0 Å². The highest BCUT2D eigenvalue weighted by Gasteiger charge is 2.22. The van der Waals surface area contributed by atoms with Crippen LogP contribution in [0.15, 0.2) is 60.8 Å². The summed E-state index contributed by atoms with van der Waals surface area (Å²) >= 11 is 6.18. The first-order chi connectivity index (χ1) is 13.7. The van der Waals surface area contributed by atoms with Crippen molar-refractivity contribution < 1.29 is 4.79 Å². The average Bonchev–Trinajstić information content (AvgIpc) is 3.24. The van der Waals surface area contributed by atoms with E-state index in [0.29, 0.717) is 10.7 Å². The SMILES string of the molecule is O=C(NC(c1ccccc1)c1cccc(Cl)c1)c1cn(C2CCNCC2)nn1. The van der Waals surface area contributed by atoms with Crippen molar-refractivity contribution in [3.63, 3.8) is 0 Å². The van der Waals surface area contributed by atoms with Crippen molar-refractivity contribution >= 4 is 17.5 Å². The highest BCUT2D eigenvalue weighted by Crippen LogP contribution is 2.25. The molecule has 1 aromatic heterocycles. The lowest BCUT2D eigenvalue weighted by atomic mass is 9.98. The summed E-state index contributed by atoms with van der Waals surface area (Å²) < 4.78 is 1.81. The smallest absolute Gasteiger partial charge is 0.274 e. The Hall–Kier alpha value is -2.70. The first kappa shape index (κ1) is 18.7. The Morgan fingerprint density at radius 2 is 1.86 bits per heavy atom. The molecule has 1 aliphatic heterocycles. The molecule has 0 radical (unpaired) electrons. The molecule has 1 unspecified atom stereocenters. The number of carbonyl (C=O) groups is 1. The normalized spacial score (nSPS) is 15.9. The van der Waals surface area contributed by atoms with E-state index in [4.69, 9.17) is 11.6 Å². The third-order valence-corrected chi connectivity index (χ3v) is 5.25. The number of carbonyl (C=O) groups excluding carboxylic acids is 1. The Balaban J connectivity index is 1.56. The summed E-state index contributed by atoms with van der Waals surface area (Å²) in [5.74, 6) is -0.256. The molecule has 0 aliphatic carbocycles. The highest BCUT2D eigenvalue weighted by atomic mass is 35.5. The van der Waals surface area contributed by atoms with Gasteiger partial charge in [-0.15, -0.1) is 5.10 Å². The van der Waals surface area contributed by atoms with E-state index in [0.717, 1.165) is 37.1 Å². The van der Waals surface area contributed by atoms with Gasteiger partial charge in [0.1, 0.15) is 0 Å². The molecule has 0 spiro atoms. The van der Waals surface area contributed by atoms with Crippen molar-refractivity contribution in [2.24, 2.45) is 0 Å². The van der Waals surface area contributed by atoms with Gasteiger partial charge < -0.3 is 10.6 Å². The second-order valence-electron chi connectivity index (χ2n) is 6.94. The van der Waals surface area contributed by atoms with Crippen molar-refractivity contribution in [2.45, 2.75) is 24.9 Å². The molecule has 1 atom stereocenters. The van der Waals surface area contributed by atoms with E-state index < -0.39 is 0 Å². The van der Waals surface area contributed by atoms with Gasteiger partial charge in [-0.1, -0.05) is 59.3 Å². The molecular formula is C21H22ClN5O. The summed E-state index contributed by atoms with van der Waals surface area (Å²) in [6.45, 7) is 1.91. The first-order valence-corrected chi connectivity index (χ1v) is 9.82. The Bertz CT molecular complexity index is 937. The van der Waals surface area contributed by atoms with E-state index in [2.05, 4.69) is 20.9 Å². The largest absolute Gasteiger partial charge is 0.340 e. The van der Waals surface area contributed by atoms with Gasteiger partial charge in [0.05, 0.1) is 18.3 Å². The summed E-state index contributed by atoms with van der Waals surface area (Å²) in [7, 11) is 0. The summed E-state index contributed by atoms with van der Waals surface area (Å²) in [5, 5.41) is 15.3.